The zero-order valence-electron chi connectivity index (χ0n) is 16.9. The fourth-order valence-corrected chi connectivity index (χ4v) is 4.59. The molecule has 0 aromatic heterocycles. The molecule has 2 aromatic carbocycles. The third-order valence-corrected chi connectivity index (χ3v) is 6.29. The van der Waals surface area contributed by atoms with Crippen LogP contribution in [0.4, 0.5) is 11.4 Å². The van der Waals surface area contributed by atoms with E-state index in [4.69, 9.17) is 9.47 Å². The van der Waals surface area contributed by atoms with Gasteiger partial charge in [-0.15, -0.1) is 0 Å². The first-order chi connectivity index (χ1) is 14.7. The molecule has 0 unspecified atom stereocenters. The molecule has 0 radical (unpaired) electrons. The molecule has 156 valence electrons. The number of carbonyl (C=O) groups is 2. The number of carbonyl (C=O) groups excluding carboxylic acids is 2. The molecule has 1 fully saturated rings. The number of hydrogen-bond donors (Lipinski definition) is 2. The smallest absolute Gasteiger partial charge is 0.282 e. The lowest BCUT2D eigenvalue weighted by molar-refractivity contribution is -0.897. The molecule has 2 aromatic rings. The van der Waals surface area contributed by atoms with Gasteiger partial charge in [-0.25, -0.2) is 0 Å². The van der Waals surface area contributed by atoms with Crippen molar-refractivity contribution in [2.45, 2.75) is 19.3 Å². The van der Waals surface area contributed by atoms with E-state index in [2.05, 4.69) is 11.4 Å². The summed E-state index contributed by atoms with van der Waals surface area (Å²) in [5.74, 6) is 1.55. The number of ether oxygens (including phenoxy) is 2. The SMILES string of the molecule is O=C(Nc1ccc2c(c1)OCO2)C1CC[NH+](CC(=O)N2CCc3ccccc32)CC1. The molecule has 0 spiro atoms. The van der Waals surface area contributed by atoms with Gasteiger partial charge in [-0.05, 0) is 30.2 Å². The van der Waals surface area contributed by atoms with Gasteiger partial charge in [-0.2, -0.15) is 0 Å². The molecule has 3 aliphatic rings. The number of quaternary nitrogens is 1. The summed E-state index contributed by atoms with van der Waals surface area (Å²) in [5, 5.41) is 2.99. The molecule has 7 nitrogen and oxygen atoms in total. The molecule has 0 bridgehead atoms. The maximum Gasteiger partial charge on any atom is 0.282 e. The van der Waals surface area contributed by atoms with Crippen molar-refractivity contribution >= 4 is 23.2 Å². The van der Waals surface area contributed by atoms with Crippen LogP contribution >= 0.6 is 0 Å². The average molecular weight is 408 g/mol. The second kappa shape index (κ2) is 7.99. The van der Waals surface area contributed by atoms with Crippen LogP contribution in [0.25, 0.3) is 0 Å². The second-order valence-corrected chi connectivity index (χ2v) is 8.18. The number of nitrogens with one attached hydrogen (secondary N) is 2. The zero-order chi connectivity index (χ0) is 20.5. The minimum Gasteiger partial charge on any atom is -0.454 e. The maximum absolute atomic E-state index is 12.8. The van der Waals surface area contributed by atoms with Crippen molar-refractivity contribution in [3.05, 3.63) is 48.0 Å². The van der Waals surface area contributed by atoms with Gasteiger partial charge in [-0.1, -0.05) is 18.2 Å². The molecular formula is C23H26N3O4+. The van der Waals surface area contributed by atoms with Crippen LogP contribution in [0.5, 0.6) is 11.5 Å². The van der Waals surface area contributed by atoms with Gasteiger partial charge in [0.25, 0.3) is 5.91 Å². The molecule has 1 saturated heterocycles. The van der Waals surface area contributed by atoms with E-state index in [9.17, 15) is 9.59 Å². The Morgan fingerprint density at radius 1 is 1.07 bits per heavy atom. The summed E-state index contributed by atoms with van der Waals surface area (Å²) in [6.45, 7) is 3.15. The van der Waals surface area contributed by atoms with Crippen molar-refractivity contribution in [3.63, 3.8) is 0 Å². The Bertz CT molecular complexity index is 969. The molecule has 7 heteroatoms. The largest absolute Gasteiger partial charge is 0.454 e. The third-order valence-electron chi connectivity index (χ3n) is 6.29. The van der Waals surface area contributed by atoms with Gasteiger partial charge in [0.15, 0.2) is 18.0 Å². The monoisotopic (exact) mass is 408 g/mol. The number of piperidine rings is 1. The Balaban J connectivity index is 1.12. The van der Waals surface area contributed by atoms with Crippen LogP contribution in [0.3, 0.4) is 0 Å². The molecule has 5 rings (SSSR count). The predicted octanol–water partition coefficient (Wildman–Crippen LogP) is 1.24. The number of para-hydroxylation sites is 1. The fourth-order valence-electron chi connectivity index (χ4n) is 4.59. The van der Waals surface area contributed by atoms with Crippen LogP contribution in [0.1, 0.15) is 18.4 Å². The van der Waals surface area contributed by atoms with Gasteiger partial charge < -0.3 is 24.6 Å². The van der Waals surface area contributed by atoms with Crippen molar-refractivity contribution in [2.24, 2.45) is 5.92 Å². The Morgan fingerprint density at radius 2 is 1.87 bits per heavy atom. The standard InChI is InChI=1S/C23H25N3O4/c27-22(26-12-9-16-3-1-2-4-19(16)26)14-25-10-7-17(8-11-25)23(28)24-18-5-6-20-21(13-18)30-15-29-20/h1-6,13,17H,7-12,14-15H2,(H,24,28)/p+1. The van der Waals surface area contributed by atoms with Crippen molar-refractivity contribution in [1.82, 2.24) is 0 Å². The zero-order valence-corrected chi connectivity index (χ0v) is 16.9. The van der Waals surface area contributed by atoms with E-state index >= 15 is 0 Å². The van der Waals surface area contributed by atoms with Crippen LogP contribution < -0.4 is 24.6 Å². The Labute approximate surface area is 175 Å². The number of hydrogen-bond acceptors (Lipinski definition) is 4. The average Bonchev–Trinajstić information content (AvgIpc) is 3.41. The summed E-state index contributed by atoms with van der Waals surface area (Å²) in [7, 11) is 0. The third kappa shape index (κ3) is 3.73. The highest BCUT2D eigenvalue weighted by atomic mass is 16.7. The summed E-state index contributed by atoms with van der Waals surface area (Å²) in [6, 6.07) is 13.6. The fraction of sp³-hybridized carbons (Fsp3) is 0.391. The molecule has 3 aliphatic heterocycles. The van der Waals surface area contributed by atoms with E-state index < -0.39 is 0 Å². The summed E-state index contributed by atoms with van der Waals surface area (Å²) in [5.41, 5.74) is 3.03. The molecule has 0 aliphatic carbocycles. The lowest BCUT2D eigenvalue weighted by atomic mass is 9.95. The van der Waals surface area contributed by atoms with Crippen LogP contribution in [-0.2, 0) is 16.0 Å². The quantitative estimate of drug-likeness (QED) is 0.799. The van der Waals surface area contributed by atoms with Crippen LogP contribution in [0.15, 0.2) is 42.5 Å². The van der Waals surface area contributed by atoms with E-state index in [1.807, 2.05) is 35.2 Å². The summed E-state index contributed by atoms with van der Waals surface area (Å²) in [6.07, 6.45) is 2.50. The van der Waals surface area contributed by atoms with Crippen LogP contribution in [-0.4, -0.2) is 44.8 Å². The van der Waals surface area contributed by atoms with Gasteiger partial charge in [0, 0.05) is 42.7 Å². The van der Waals surface area contributed by atoms with Gasteiger partial charge in [0.1, 0.15) is 0 Å². The predicted molar refractivity (Wildman–Crippen MR) is 112 cm³/mol. The van der Waals surface area contributed by atoms with Crippen molar-refractivity contribution < 1.29 is 24.0 Å². The first-order valence-electron chi connectivity index (χ1n) is 10.6. The lowest BCUT2D eigenvalue weighted by Crippen LogP contribution is -3.14. The maximum atomic E-state index is 12.8. The van der Waals surface area contributed by atoms with E-state index in [1.54, 1.807) is 6.07 Å². The minimum atomic E-state index is -0.0261. The van der Waals surface area contributed by atoms with Gasteiger partial charge in [0.05, 0.1) is 13.1 Å². The number of likely N-dealkylation sites (tertiary alicyclic amines) is 1. The van der Waals surface area contributed by atoms with E-state index in [1.165, 1.54) is 10.5 Å². The van der Waals surface area contributed by atoms with Crippen LogP contribution in [0.2, 0.25) is 0 Å². The Hall–Kier alpha value is -3.06. The first-order valence-corrected chi connectivity index (χ1v) is 10.6. The Kier molecular flexibility index (Phi) is 5.04. The van der Waals surface area contributed by atoms with Gasteiger partial charge >= 0.3 is 0 Å². The Morgan fingerprint density at radius 3 is 2.73 bits per heavy atom. The molecule has 2 N–H and O–H groups in total. The number of fused-ring (bicyclic) bond motifs is 2. The minimum absolute atomic E-state index is 0.0261. The first kappa shape index (κ1) is 18.9. The molecular weight excluding hydrogens is 382 g/mol. The van der Waals surface area contributed by atoms with Crippen molar-refractivity contribution in [3.8, 4) is 11.5 Å². The molecule has 3 heterocycles. The molecule has 0 atom stereocenters. The van der Waals surface area contributed by atoms with Gasteiger partial charge in [0.2, 0.25) is 12.7 Å². The van der Waals surface area contributed by atoms with Crippen LogP contribution in [0, 0.1) is 5.92 Å². The van der Waals surface area contributed by atoms with E-state index in [0.29, 0.717) is 18.0 Å². The summed E-state index contributed by atoms with van der Waals surface area (Å²) in [4.78, 5) is 28.7. The topological polar surface area (TPSA) is 72.3 Å². The summed E-state index contributed by atoms with van der Waals surface area (Å²) < 4.78 is 10.7. The van der Waals surface area contributed by atoms with E-state index in [-0.39, 0.29) is 24.5 Å². The molecule has 0 saturated carbocycles. The number of anilines is 2. The number of rotatable bonds is 4. The van der Waals surface area contributed by atoms with Crippen molar-refractivity contribution in [1.29, 1.82) is 0 Å². The van der Waals surface area contributed by atoms with E-state index in [0.717, 1.165) is 50.3 Å². The van der Waals surface area contributed by atoms with Crippen molar-refractivity contribution in [2.75, 3.05) is 43.2 Å². The highest BCUT2D eigenvalue weighted by Crippen LogP contribution is 2.34. The molecule has 2 amide bonds. The number of amides is 2. The lowest BCUT2D eigenvalue weighted by Gasteiger charge is -2.29. The van der Waals surface area contributed by atoms with Gasteiger partial charge in [-0.3, -0.25) is 9.59 Å². The molecule has 30 heavy (non-hydrogen) atoms. The number of benzene rings is 2. The number of nitrogens with zero attached hydrogens (tertiary/aromatic N) is 1. The normalized spacial score (nSPS) is 21.9. The highest BCUT2D eigenvalue weighted by molar-refractivity contribution is 5.96. The second-order valence-electron chi connectivity index (χ2n) is 8.18. The highest BCUT2D eigenvalue weighted by Gasteiger charge is 2.31. The summed E-state index contributed by atoms with van der Waals surface area (Å²) >= 11 is 0.